The second-order valence-corrected chi connectivity index (χ2v) is 9.19. The predicted octanol–water partition coefficient (Wildman–Crippen LogP) is 3.81. The van der Waals surface area contributed by atoms with E-state index in [0.29, 0.717) is 0 Å². The van der Waals surface area contributed by atoms with Crippen molar-refractivity contribution in [3.8, 4) is 11.3 Å². The highest BCUT2D eigenvalue weighted by Crippen LogP contribution is 2.31. The molecule has 7 nitrogen and oxygen atoms in total. The number of nitrogens with zero attached hydrogens (tertiary/aromatic N) is 3. The van der Waals surface area contributed by atoms with Crippen molar-refractivity contribution < 1.29 is 4.74 Å². The van der Waals surface area contributed by atoms with E-state index < -0.39 is 0 Å². The van der Waals surface area contributed by atoms with Gasteiger partial charge in [-0.1, -0.05) is 12.1 Å². The molecule has 3 aromatic rings. The van der Waals surface area contributed by atoms with Gasteiger partial charge >= 0.3 is 0 Å². The van der Waals surface area contributed by atoms with Gasteiger partial charge in [-0.2, -0.15) is 0 Å². The lowest BCUT2D eigenvalue weighted by Gasteiger charge is -2.29. The maximum Gasteiger partial charge on any atom is 0.136 e. The van der Waals surface area contributed by atoms with E-state index in [0.717, 1.165) is 81.8 Å². The Morgan fingerprint density at radius 2 is 1.51 bits per heavy atom. The Morgan fingerprint density at radius 3 is 2.26 bits per heavy atom. The number of rotatable bonds is 5. The van der Waals surface area contributed by atoms with Gasteiger partial charge in [-0.25, -0.2) is 4.98 Å². The third-order valence-corrected chi connectivity index (χ3v) is 6.97. The lowest BCUT2D eigenvalue weighted by atomic mass is 10.0. The zero-order chi connectivity index (χ0) is 23.5. The summed E-state index contributed by atoms with van der Waals surface area (Å²) >= 11 is 0. The van der Waals surface area contributed by atoms with Crippen molar-refractivity contribution in [2.75, 3.05) is 67.6 Å². The van der Waals surface area contributed by atoms with E-state index in [9.17, 15) is 0 Å². The number of benzene rings is 2. The fourth-order valence-corrected chi connectivity index (χ4v) is 4.97. The smallest absolute Gasteiger partial charge is 0.136 e. The van der Waals surface area contributed by atoms with E-state index in [2.05, 4.69) is 86.4 Å². The van der Waals surface area contributed by atoms with Crippen LogP contribution in [0, 0.1) is 0 Å². The minimum absolute atomic E-state index is 0.759. The number of morpholine rings is 1. The third-order valence-electron chi connectivity index (χ3n) is 6.97. The molecule has 0 atom stereocenters. The summed E-state index contributed by atoms with van der Waals surface area (Å²) in [4.78, 5) is 9.87. The van der Waals surface area contributed by atoms with Crippen LogP contribution in [0.25, 0.3) is 17.3 Å². The van der Waals surface area contributed by atoms with Gasteiger partial charge in [0.1, 0.15) is 5.82 Å². The van der Waals surface area contributed by atoms with Gasteiger partial charge in [0.05, 0.1) is 18.9 Å². The Hall–Kier alpha value is -3.55. The molecule has 7 heteroatoms. The molecule has 1 aromatic heterocycles. The van der Waals surface area contributed by atoms with Crippen LogP contribution in [0.4, 0.5) is 22.9 Å². The standard InChI is InChI=1S/C28H32N6O/c1-5-24(33-13-11-29-12-14-33)6-2-21(1)27-19-22-9-10-30-20-26(22)28(32-27)31-23-3-7-25(8-4-23)34-15-17-35-18-16-34/h1-10,19,29-30H,11-18,20H2,(H,31,32). The van der Waals surface area contributed by atoms with Crippen LogP contribution in [-0.4, -0.2) is 57.5 Å². The quantitative estimate of drug-likeness (QED) is 0.526. The second-order valence-electron chi connectivity index (χ2n) is 9.19. The van der Waals surface area contributed by atoms with Crippen molar-refractivity contribution in [3.05, 3.63) is 71.9 Å². The second kappa shape index (κ2) is 9.98. The molecule has 2 saturated heterocycles. The average Bonchev–Trinajstić information content (AvgIpc) is 2.94. The largest absolute Gasteiger partial charge is 0.387 e. The first kappa shape index (κ1) is 21.9. The molecule has 4 heterocycles. The summed E-state index contributed by atoms with van der Waals surface area (Å²) in [6.07, 6.45) is 4.15. The van der Waals surface area contributed by atoms with Crippen LogP contribution in [0.15, 0.2) is 60.8 Å². The van der Waals surface area contributed by atoms with Gasteiger partial charge in [0.2, 0.25) is 0 Å². The lowest BCUT2D eigenvalue weighted by molar-refractivity contribution is 0.122. The van der Waals surface area contributed by atoms with Crippen molar-refractivity contribution >= 4 is 29.0 Å². The minimum atomic E-state index is 0.759. The first-order valence-electron chi connectivity index (χ1n) is 12.5. The highest BCUT2D eigenvalue weighted by molar-refractivity contribution is 5.75. The number of fused-ring (bicyclic) bond motifs is 1. The molecule has 180 valence electrons. The van der Waals surface area contributed by atoms with E-state index in [-0.39, 0.29) is 0 Å². The number of hydrogen-bond acceptors (Lipinski definition) is 7. The van der Waals surface area contributed by atoms with Gasteiger partial charge in [0, 0.05) is 74.0 Å². The summed E-state index contributed by atoms with van der Waals surface area (Å²) in [5.74, 6) is 0.902. The number of hydrogen-bond donors (Lipinski definition) is 3. The van der Waals surface area contributed by atoms with Crippen LogP contribution in [0.2, 0.25) is 0 Å². The first-order chi connectivity index (χ1) is 17.3. The molecule has 0 spiro atoms. The number of nitrogens with one attached hydrogen (secondary N) is 3. The molecule has 0 radical (unpaired) electrons. The Morgan fingerprint density at radius 1 is 0.829 bits per heavy atom. The maximum atomic E-state index is 5.48. The molecule has 0 saturated carbocycles. The fraction of sp³-hybridized carbons (Fsp3) is 0.321. The topological polar surface area (TPSA) is 64.7 Å². The van der Waals surface area contributed by atoms with E-state index in [1.165, 1.54) is 22.5 Å². The van der Waals surface area contributed by atoms with Crippen LogP contribution in [0.5, 0.6) is 0 Å². The number of pyridine rings is 1. The summed E-state index contributed by atoms with van der Waals surface area (Å²) in [6, 6.07) is 19.6. The number of anilines is 4. The molecule has 0 bridgehead atoms. The molecule has 3 aliphatic rings. The lowest BCUT2D eigenvalue weighted by Crippen LogP contribution is -2.43. The first-order valence-corrected chi connectivity index (χ1v) is 12.5. The van der Waals surface area contributed by atoms with Gasteiger partial charge in [-0.15, -0.1) is 0 Å². The van der Waals surface area contributed by atoms with Crippen LogP contribution in [0.3, 0.4) is 0 Å². The van der Waals surface area contributed by atoms with Gasteiger partial charge in [-0.3, -0.25) is 0 Å². The van der Waals surface area contributed by atoms with E-state index in [1.54, 1.807) is 0 Å². The predicted molar refractivity (Wildman–Crippen MR) is 143 cm³/mol. The summed E-state index contributed by atoms with van der Waals surface area (Å²) in [6.45, 7) is 8.40. The molecule has 2 aromatic carbocycles. The molecule has 2 fully saturated rings. The molecule has 6 rings (SSSR count). The van der Waals surface area contributed by atoms with Crippen molar-refractivity contribution in [1.82, 2.24) is 15.6 Å². The van der Waals surface area contributed by atoms with Gasteiger partial charge in [0.15, 0.2) is 0 Å². The maximum absolute atomic E-state index is 5.48. The van der Waals surface area contributed by atoms with Crippen LogP contribution in [-0.2, 0) is 11.3 Å². The summed E-state index contributed by atoms with van der Waals surface area (Å²) in [7, 11) is 0. The SMILES string of the molecule is C1=Cc2cc(-c3ccc(N4CCNCC4)cc3)nc(Nc3ccc(N4CCOCC4)cc3)c2CN1. The van der Waals surface area contributed by atoms with Crippen LogP contribution in [0.1, 0.15) is 11.1 Å². The van der Waals surface area contributed by atoms with Gasteiger partial charge in [-0.05, 0) is 60.3 Å². The normalized spacial score (nSPS) is 17.6. The highest BCUT2D eigenvalue weighted by Gasteiger charge is 2.16. The van der Waals surface area contributed by atoms with Crippen LogP contribution >= 0.6 is 0 Å². The number of aromatic nitrogens is 1. The third kappa shape index (κ3) is 4.83. The molecule has 3 aliphatic heterocycles. The van der Waals surface area contributed by atoms with E-state index in [1.807, 2.05) is 6.20 Å². The van der Waals surface area contributed by atoms with Crippen molar-refractivity contribution in [2.45, 2.75) is 6.54 Å². The zero-order valence-corrected chi connectivity index (χ0v) is 20.0. The van der Waals surface area contributed by atoms with Crippen LogP contribution < -0.4 is 25.8 Å². The van der Waals surface area contributed by atoms with Gasteiger partial charge < -0.3 is 30.5 Å². The molecular formula is C28H32N6O. The molecule has 0 unspecified atom stereocenters. The van der Waals surface area contributed by atoms with Crippen molar-refractivity contribution in [3.63, 3.8) is 0 Å². The van der Waals surface area contributed by atoms with E-state index in [4.69, 9.17) is 9.72 Å². The molecular weight excluding hydrogens is 436 g/mol. The van der Waals surface area contributed by atoms with Crippen molar-refractivity contribution in [2.24, 2.45) is 0 Å². The Labute approximate surface area is 206 Å². The fourth-order valence-electron chi connectivity index (χ4n) is 4.97. The Kier molecular flexibility index (Phi) is 6.26. The summed E-state index contributed by atoms with van der Waals surface area (Å²) in [5.41, 5.74) is 8.04. The minimum Gasteiger partial charge on any atom is -0.387 e. The molecule has 0 amide bonds. The van der Waals surface area contributed by atoms with Crippen molar-refractivity contribution in [1.29, 1.82) is 0 Å². The monoisotopic (exact) mass is 468 g/mol. The van der Waals surface area contributed by atoms with Gasteiger partial charge in [0.25, 0.3) is 0 Å². The Bertz CT molecular complexity index is 1180. The molecule has 3 N–H and O–H groups in total. The molecule has 35 heavy (non-hydrogen) atoms. The Balaban J connectivity index is 1.26. The molecule has 0 aliphatic carbocycles. The van der Waals surface area contributed by atoms with E-state index >= 15 is 0 Å². The number of ether oxygens (including phenoxy) is 1. The average molecular weight is 469 g/mol. The highest BCUT2D eigenvalue weighted by atomic mass is 16.5. The number of piperazine rings is 1. The zero-order valence-electron chi connectivity index (χ0n) is 20.0. The summed E-state index contributed by atoms with van der Waals surface area (Å²) < 4.78 is 5.48. The summed E-state index contributed by atoms with van der Waals surface area (Å²) in [5, 5.41) is 10.3.